The Labute approximate surface area is 148 Å². The minimum atomic E-state index is -4.66. The molecule has 3 rings (SSSR count). The third kappa shape index (κ3) is 3.31. The maximum atomic E-state index is 13.4. The molecule has 0 bridgehead atoms. The van der Waals surface area contributed by atoms with E-state index in [1.165, 1.54) is 16.6 Å². The van der Waals surface area contributed by atoms with E-state index in [-0.39, 0.29) is 31.7 Å². The van der Waals surface area contributed by atoms with Gasteiger partial charge in [-0.05, 0) is 23.8 Å². The molecule has 8 heteroatoms. The van der Waals surface area contributed by atoms with Crippen molar-refractivity contribution in [1.82, 2.24) is 9.47 Å². The molecule has 2 aromatic rings. The molecule has 1 aromatic carbocycles. The lowest BCUT2D eigenvalue weighted by atomic mass is 10.1. The molecule has 0 unspecified atom stereocenters. The average molecular weight is 366 g/mol. The van der Waals surface area contributed by atoms with E-state index in [4.69, 9.17) is 4.74 Å². The monoisotopic (exact) mass is 366 g/mol. The van der Waals surface area contributed by atoms with Crippen LogP contribution in [0, 0.1) is 0 Å². The van der Waals surface area contributed by atoms with Crippen LogP contribution in [0.15, 0.2) is 30.3 Å². The van der Waals surface area contributed by atoms with Gasteiger partial charge in [0, 0.05) is 31.7 Å². The van der Waals surface area contributed by atoms with E-state index in [1.54, 1.807) is 24.3 Å². The maximum Gasteiger partial charge on any atom is 0.418 e. The van der Waals surface area contributed by atoms with Gasteiger partial charge in [-0.1, -0.05) is 12.1 Å². The van der Waals surface area contributed by atoms with Crippen molar-refractivity contribution < 1.29 is 27.5 Å². The normalized spacial score (nSPS) is 14.3. The third-order valence-corrected chi connectivity index (χ3v) is 4.40. The number of fused-ring (bicyclic) bond motifs is 1. The second-order valence-corrected chi connectivity index (χ2v) is 5.99. The molecule has 0 atom stereocenters. The minimum Gasteiger partial charge on any atom is -0.497 e. The van der Waals surface area contributed by atoms with Crippen LogP contribution in [-0.4, -0.2) is 35.3 Å². The summed E-state index contributed by atoms with van der Waals surface area (Å²) in [6, 6.07) is 7.90. The number of amides is 1. The number of alkyl halides is 3. The van der Waals surface area contributed by atoms with E-state index in [0.717, 1.165) is 11.6 Å². The van der Waals surface area contributed by atoms with Crippen LogP contribution in [-0.2, 0) is 30.5 Å². The van der Waals surface area contributed by atoms with Crippen LogP contribution in [0.5, 0.6) is 5.75 Å². The van der Waals surface area contributed by atoms with Gasteiger partial charge in [0.1, 0.15) is 17.7 Å². The zero-order valence-corrected chi connectivity index (χ0v) is 14.0. The third-order valence-electron chi connectivity index (χ3n) is 4.40. The van der Waals surface area contributed by atoms with Crippen LogP contribution in [0.25, 0.3) is 0 Å². The van der Waals surface area contributed by atoms with Crippen molar-refractivity contribution in [3.05, 3.63) is 52.8 Å². The predicted octanol–water partition coefficient (Wildman–Crippen LogP) is 2.91. The highest BCUT2D eigenvalue weighted by Crippen LogP contribution is 2.36. The first kappa shape index (κ1) is 18.0. The SMILES string of the molecule is COc1ccc(CN2CCn3c(CC=O)cc(C(F)(F)F)c3C2=O)cc1. The molecular weight excluding hydrogens is 349 g/mol. The van der Waals surface area contributed by atoms with Crippen LogP contribution >= 0.6 is 0 Å². The molecule has 1 aliphatic rings. The van der Waals surface area contributed by atoms with E-state index >= 15 is 0 Å². The van der Waals surface area contributed by atoms with E-state index < -0.39 is 23.3 Å². The van der Waals surface area contributed by atoms with Gasteiger partial charge in [0.2, 0.25) is 0 Å². The summed E-state index contributed by atoms with van der Waals surface area (Å²) in [6.45, 7) is 0.695. The summed E-state index contributed by atoms with van der Waals surface area (Å²) in [6.07, 6.45) is -4.27. The lowest BCUT2D eigenvalue weighted by Gasteiger charge is -2.30. The lowest BCUT2D eigenvalue weighted by Crippen LogP contribution is -2.41. The first-order valence-electron chi connectivity index (χ1n) is 8.00. The topological polar surface area (TPSA) is 51.5 Å². The lowest BCUT2D eigenvalue weighted by molar-refractivity contribution is -0.138. The number of aromatic nitrogens is 1. The summed E-state index contributed by atoms with van der Waals surface area (Å²) >= 11 is 0. The summed E-state index contributed by atoms with van der Waals surface area (Å²) < 4.78 is 46.4. The Morgan fingerprint density at radius 1 is 1.19 bits per heavy atom. The summed E-state index contributed by atoms with van der Waals surface area (Å²) in [5, 5.41) is 0. The molecule has 0 N–H and O–H groups in total. The molecule has 0 radical (unpaired) electrons. The number of halogens is 3. The molecule has 138 valence electrons. The Bertz CT molecular complexity index is 825. The molecule has 0 spiro atoms. The Balaban J connectivity index is 1.92. The van der Waals surface area contributed by atoms with E-state index in [2.05, 4.69) is 0 Å². The standard InChI is InChI=1S/C18H17F3N2O3/c1-26-14-4-2-12(3-5-14)11-22-7-8-23-13(6-9-24)10-15(18(19,20)21)16(23)17(22)25/h2-5,9-10H,6-8,11H2,1H3. The Kier molecular flexibility index (Phi) is 4.76. The molecule has 1 amide bonds. The number of aldehydes is 1. The molecule has 0 fully saturated rings. The first-order chi connectivity index (χ1) is 12.3. The van der Waals surface area contributed by atoms with Crippen molar-refractivity contribution in [1.29, 1.82) is 0 Å². The van der Waals surface area contributed by atoms with Crippen LogP contribution in [0.1, 0.15) is 27.3 Å². The van der Waals surface area contributed by atoms with Gasteiger partial charge in [-0.2, -0.15) is 13.2 Å². The minimum absolute atomic E-state index is 0.158. The van der Waals surface area contributed by atoms with Crippen molar-refractivity contribution in [2.75, 3.05) is 13.7 Å². The number of rotatable bonds is 5. The van der Waals surface area contributed by atoms with Gasteiger partial charge in [-0.3, -0.25) is 4.79 Å². The smallest absolute Gasteiger partial charge is 0.418 e. The second kappa shape index (κ2) is 6.86. The molecule has 0 saturated heterocycles. The number of carbonyl (C=O) groups is 2. The van der Waals surface area contributed by atoms with E-state index in [0.29, 0.717) is 12.0 Å². The van der Waals surface area contributed by atoms with Crippen LogP contribution in [0.2, 0.25) is 0 Å². The van der Waals surface area contributed by atoms with Crippen LogP contribution in [0.4, 0.5) is 13.2 Å². The van der Waals surface area contributed by atoms with E-state index in [9.17, 15) is 22.8 Å². The first-order valence-corrected chi connectivity index (χ1v) is 8.00. The quantitative estimate of drug-likeness (QED) is 0.765. The largest absolute Gasteiger partial charge is 0.497 e. The van der Waals surface area contributed by atoms with Gasteiger partial charge >= 0.3 is 6.18 Å². The number of methoxy groups -OCH3 is 1. The summed E-state index contributed by atoms with van der Waals surface area (Å²) in [4.78, 5) is 24.9. The molecule has 0 aliphatic carbocycles. The molecular formula is C18H17F3N2O3. The van der Waals surface area contributed by atoms with Gasteiger partial charge in [-0.25, -0.2) is 0 Å². The highest BCUT2D eigenvalue weighted by atomic mass is 19.4. The highest BCUT2D eigenvalue weighted by Gasteiger charge is 2.41. The average Bonchev–Trinajstić information content (AvgIpc) is 2.98. The van der Waals surface area contributed by atoms with Crippen LogP contribution < -0.4 is 4.74 Å². The van der Waals surface area contributed by atoms with Gasteiger partial charge in [-0.15, -0.1) is 0 Å². The summed E-state index contributed by atoms with van der Waals surface area (Å²) in [5.74, 6) is -0.0259. The maximum absolute atomic E-state index is 13.4. The van der Waals surface area contributed by atoms with Crippen molar-refractivity contribution in [2.45, 2.75) is 25.7 Å². The molecule has 26 heavy (non-hydrogen) atoms. The van der Waals surface area contributed by atoms with Crippen molar-refractivity contribution in [3.63, 3.8) is 0 Å². The Morgan fingerprint density at radius 2 is 1.88 bits per heavy atom. The van der Waals surface area contributed by atoms with Gasteiger partial charge in [0.25, 0.3) is 5.91 Å². The second-order valence-electron chi connectivity index (χ2n) is 5.99. The molecule has 0 saturated carbocycles. The van der Waals surface area contributed by atoms with Gasteiger partial charge < -0.3 is 19.0 Å². The number of nitrogens with zero attached hydrogens (tertiary/aromatic N) is 2. The summed E-state index contributed by atoms with van der Waals surface area (Å²) in [5.41, 5.74) is -0.381. The van der Waals surface area contributed by atoms with Crippen LogP contribution in [0.3, 0.4) is 0 Å². The van der Waals surface area contributed by atoms with E-state index in [1.807, 2.05) is 0 Å². The van der Waals surface area contributed by atoms with Crippen molar-refractivity contribution in [2.24, 2.45) is 0 Å². The predicted molar refractivity (Wildman–Crippen MR) is 86.9 cm³/mol. The van der Waals surface area contributed by atoms with Gasteiger partial charge in [0.15, 0.2) is 0 Å². The fourth-order valence-electron chi connectivity index (χ4n) is 3.13. The zero-order valence-electron chi connectivity index (χ0n) is 14.0. The number of hydrogen-bond acceptors (Lipinski definition) is 3. The number of hydrogen-bond donors (Lipinski definition) is 0. The number of benzene rings is 1. The highest BCUT2D eigenvalue weighted by molar-refractivity contribution is 5.95. The number of carbonyl (C=O) groups excluding carboxylic acids is 2. The fraction of sp³-hybridized carbons (Fsp3) is 0.333. The van der Waals surface area contributed by atoms with Crippen molar-refractivity contribution >= 4 is 12.2 Å². The Hall–Kier alpha value is -2.77. The molecule has 1 aliphatic heterocycles. The molecule has 1 aromatic heterocycles. The zero-order chi connectivity index (χ0) is 18.9. The van der Waals surface area contributed by atoms with Gasteiger partial charge in [0.05, 0.1) is 12.7 Å². The number of ether oxygens (including phenoxy) is 1. The fourth-order valence-corrected chi connectivity index (χ4v) is 3.13. The summed E-state index contributed by atoms with van der Waals surface area (Å²) in [7, 11) is 1.53. The van der Waals surface area contributed by atoms with Crippen molar-refractivity contribution in [3.8, 4) is 5.75 Å². The Morgan fingerprint density at radius 3 is 2.46 bits per heavy atom. The molecule has 5 nitrogen and oxygen atoms in total. The molecule has 2 heterocycles.